The first-order valence-electron chi connectivity index (χ1n) is 5.44. The van der Waals surface area contributed by atoms with E-state index in [-0.39, 0.29) is 5.41 Å². The van der Waals surface area contributed by atoms with Crippen molar-refractivity contribution in [1.29, 1.82) is 0 Å². The molecule has 0 aliphatic rings. The summed E-state index contributed by atoms with van der Waals surface area (Å²) < 4.78 is 6.71. The van der Waals surface area contributed by atoms with Gasteiger partial charge in [-0.05, 0) is 29.5 Å². The molecule has 1 nitrogen and oxygen atoms in total. The fraction of sp³-hybridized carbons (Fsp3) is 0.538. The lowest BCUT2D eigenvalue weighted by molar-refractivity contribution is 0.319. The average molecular weight is 353 g/mol. The van der Waals surface area contributed by atoms with Crippen molar-refractivity contribution >= 4 is 34.2 Å². The number of halogens is 2. The molecule has 0 atom stereocenters. The summed E-state index contributed by atoms with van der Waals surface area (Å²) in [5.41, 5.74) is 1.36. The van der Waals surface area contributed by atoms with E-state index in [0.717, 1.165) is 23.2 Å². The van der Waals surface area contributed by atoms with Gasteiger partial charge >= 0.3 is 0 Å². The number of alkyl halides is 1. The summed E-state index contributed by atoms with van der Waals surface area (Å²) in [6, 6.07) is 6.06. The van der Waals surface area contributed by atoms with Crippen LogP contribution in [0.4, 0.5) is 0 Å². The molecule has 0 radical (unpaired) electrons. The summed E-state index contributed by atoms with van der Waals surface area (Å²) in [5.74, 6) is 0.791. The molecule has 1 aromatic carbocycles. The normalized spacial score (nSPS) is 11.6. The van der Waals surface area contributed by atoms with E-state index in [1.807, 2.05) is 12.1 Å². The van der Waals surface area contributed by atoms with Crippen molar-refractivity contribution in [2.24, 2.45) is 0 Å². The van der Waals surface area contributed by atoms with Gasteiger partial charge in [0.05, 0.1) is 11.6 Å². The van der Waals surface area contributed by atoms with Crippen molar-refractivity contribution in [2.45, 2.75) is 32.6 Å². The van der Waals surface area contributed by atoms with Crippen molar-refractivity contribution in [3.05, 3.63) is 28.8 Å². The molecule has 3 heteroatoms. The summed E-state index contributed by atoms with van der Waals surface area (Å²) in [4.78, 5) is 0. The number of hydrogen-bond acceptors (Lipinski definition) is 1. The zero-order valence-corrected chi connectivity index (χ0v) is 12.9. The van der Waals surface area contributed by atoms with Gasteiger partial charge in [0.15, 0.2) is 0 Å². The number of rotatable bonds is 4. The molecule has 0 heterocycles. The van der Waals surface area contributed by atoms with E-state index in [9.17, 15) is 0 Å². The molecule has 0 spiro atoms. The Morgan fingerprint density at radius 1 is 1.31 bits per heavy atom. The standard InChI is InChI=1S/C13H18ClIO/c1-13(2,3)10-5-6-12(11(14)9-10)16-8-4-7-15/h5-6,9H,4,7-8H2,1-3H3. The van der Waals surface area contributed by atoms with E-state index in [1.54, 1.807) is 0 Å². The monoisotopic (exact) mass is 352 g/mol. The highest BCUT2D eigenvalue weighted by atomic mass is 127. The zero-order chi connectivity index (χ0) is 12.2. The molecular formula is C13H18ClIO. The van der Waals surface area contributed by atoms with Crippen LogP contribution >= 0.6 is 34.2 Å². The Bertz CT molecular complexity index is 344. The van der Waals surface area contributed by atoms with Crippen LogP contribution in [0.5, 0.6) is 5.75 Å². The molecule has 0 unspecified atom stereocenters. The zero-order valence-electron chi connectivity index (χ0n) is 10.0. The van der Waals surface area contributed by atoms with Gasteiger partial charge in [0.25, 0.3) is 0 Å². The van der Waals surface area contributed by atoms with Gasteiger partial charge in [-0.15, -0.1) is 0 Å². The Balaban J connectivity index is 2.76. The first-order chi connectivity index (χ1) is 7.45. The minimum Gasteiger partial charge on any atom is -0.492 e. The number of hydrogen-bond donors (Lipinski definition) is 0. The summed E-state index contributed by atoms with van der Waals surface area (Å²) in [6.07, 6.45) is 1.05. The molecule has 0 saturated carbocycles. The lowest BCUT2D eigenvalue weighted by Gasteiger charge is -2.20. The molecule has 0 aliphatic heterocycles. The Morgan fingerprint density at radius 3 is 2.50 bits per heavy atom. The van der Waals surface area contributed by atoms with E-state index in [4.69, 9.17) is 16.3 Å². The predicted molar refractivity (Wildman–Crippen MR) is 79.2 cm³/mol. The lowest BCUT2D eigenvalue weighted by Crippen LogP contribution is -2.11. The molecule has 90 valence electrons. The summed E-state index contributed by atoms with van der Waals surface area (Å²) in [7, 11) is 0. The number of ether oxygens (including phenoxy) is 1. The second-order valence-corrected chi connectivity index (χ2v) is 6.27. The van der Waals surface area contributed by atoms with Gasteiger partial charge in [-0.1, -0.05) is 61.0 Å². The highest BCUT2D eigenvalue weighted by molar-refractivity contribution is 14.1. The van der Waals surface area contributed by atoms with Crippen LogP contribution in [-0.2, 0) is 5.41 Å². The first-order valence-corrected chi connectivity index (χ1v) is 7.34. The quantitative estimate of drug-likeness (QED) is 0.428. The van der Waals surface area contributed by atoms with Crippen molar-refractivity contribution in [2.75, 3.05) is 11.0 Å². The maximum Gasteiger partial charge on any atom is 0.137 e. The molecule has 0 bridgehead atoms. The first kappa shape index (κ1) is 14.1. The van der Waals surface area contributed by atoms with E-state index in [2.05, 4.69) is 49.4 Å². The number of benzene rings is 1. The minimum atomic E-state index is 0.129. The van der Waals surface area contributed by atoms with Gasteiger partial charge in [0.1, 0.15) is 5.75 Å². The lowest BCUT2D eigenvalue weighted by atomic mass is 9.87. The molecule has 0 amide bonds. The third-order valence-corrected chi connectivity index (χ3v) is 3.39. The van der Waals surface area contributed by atoms with E-state index in [1.165, 1.54) is 5.56 Å². The van der Waals surface area contributed by atoms with Crippen LogP contribution in [0.1, 0.15) is 32.8 Å². The van der Waals surface area contributed by atoms with E-state index >= 15 is 0 Å². The van der Waals surface area contributed by atoms with E-state index < -0.39 is 0 Å². The van der Waals surface area contributed by atoms with Crippen molar-refractivity contribution in [3.8, 4) is 5.75 Å². The molecule has 0 N–H and O–H groups in total. The third kappa shape index (κ3) is 4.13. The molecular weight excluding hydrogens is 334 g/mol. The van der Waals surface area contributed by atoms with Crippen molar-refractivity contribution in [1.82, 2.24) is 0 Å². The largest absolute Gasteiger partial charge is 0.492 e. The van der Waals surface area contributed by atoms with E-state index in [0.29, 0.717) is 5.02 Å². The Hall–Kier alpha value is 0.0400. The molecule has 16 heavy (non-hydrogen) atoms. The van der Waals surface area contributed by atoms with Crippen LogP contribution in [0.2, 0.25) is 5.02 Å². The van der Waals surface area contributed by atoms with Gasteiger partial charge in [-0.25, -0.2) is 0 Å². The van der Waals surface area contributed by atoms with Crippen molar-refractivity contribution < 1.29 is 4.74 Å². The van der Waals surface area contributed by atoms with Gasteiger partial charge < -0.3 is 4.74 Å². The molecule has 1 rings (SSSR count). The maximum atomic E-state index is 6.19. The fourth-order valence-electron chi connectivity index (χ4n) is 1.32. The third-order valence-electron chi connectivity index (χ3n) is 2.33. The molecule has 0 fully saturated rings. The van der Waals surface area contributed by atoms with Crippen LogP contribution in [0.25, 0.3) is 0 Å². The van der Waals surface area contributed by atoms with Crippen LogP contribution in [0.3, 0.4) is 0 Å². The minimum absolute atomic E-state index is 0.129. The Morgan fingerprint density at radius 2 is 2.00 bits per heavy atom. The summed E-state index contributed by atoms with van der Waals surface area (Å²) in [6.45, 7) is 7.26. The highest BCUT2D eigenvalue weighted by Crippen LogP contribution is 2.31. The summed E-state index contributed by atoms with van der Waals surface area (Å²) in [5, 5.41) is 0.709. The van der Waals surface area contributed by atoms with Gasteiger partial charge in [0.2, 0.25) is 0 Å². The topological polar surface area (TPSA) is 9.23 Å². The fourth-order valence-corrected chi connectivity index (χ4v) is 1.87. The SMILES string of the molecule is CC(C)(C)c1ccc(OCCCI)c(Cl)c1. The second kappa shape index (κ2) is 6.10. The van der Waals surface area contributed by atoms with Gasteiger partial charge in [0, 0.05) is 4.43 Å². The molecule has 0 aromatic heterocycles. The average Bonchev–Trinajstić information content (AvgIpc) is 2.19. The second-order valence-electron chi connectivity index (χ2n) is 4.79. The van der Waals surface area contributed by atoms with Crippen molar-refractivity contribution in [3.63, 3.8) is 0 Å². The highest BCUT2D eigenvalue weighted by Gasteiger charge is 2.15. The van der Waals surface area contributed by atoms with Crippen LogP contribution in [-0.4, -0.2) is 11.0 Å². The maximum absolute atomic E-state index is 6.19. The predicted octanol–water partition coefficient (Wildman–Crippen LogP) is 4.84. The molecule has 1 aromatic rings. The summed E-state index contributed by atoms with van der Waals surface area (Å²) >= 11 is 8.53. The molecule has 0 saturated heterocycles. The van der Waals surface area contributed by atoms with Crippen LogP contribution < -0.4 is 4.74 Å². The Labute approximate surface area is 117 Å². The molecule has 0 aliphatic carbocycles. The van der Waals surface area contributed by atoms with Crippen LogP contribution in [0, 0.1) is 0 Å². The van der Waals surface area contributed by atoms with Gasteiger partial charge in [-0.3, -0.25) is 0 Å². The van der Waals surface area contributed by atoms with Gasteiger partial charge in [-0.2, -0.15) is 0 Å². The smallest absolute Gasteiger partial charge is 0.137 e. The Kier molecular flexibility index (Phi) is 5.38. The van der Waals surface area contributed by atoms with Crippen LogP contribution in [0.15, 0.2) is 18.2 Å².